The van der Waals surface area contributed by atoms with Crippen molar-refractivity contribution in [2.75, 3.05) is 0 Å². The van der Waals surface area contributed by atoms with E-state index in [-0.39, 0.29) is 5.69 Å². The van der Waals surface area contributed by atoms with Crippen LogP contribution in [-0.2, 0) is 0 Å². The SMILES string of the molecule is Cc1ccnc(-n2nc(C(=O)O)cc2C2CC2)c1. The molecule has 18 heavy (non-hydrogen) atoms. The molecule has 2 heterocycles. The fourth-order valence-corrected chi connectivity index (χ4v) is 1.99. The number of aryl methyl sites for hydroxylation is 1. The fourth-order valence-electron chi connectivity index (χ4n) is 1.99. The molecule has 0 spiro atoms. The Kier molecular flexibility index (Phi) is 2.40. The lowest BCUT2D eigenvalue weighted by molar-refractivity contribution is 0.0690. The molecular formula is C13H13N3O2. The lowest BCUT2D eigenvalue weighted by Gasteiger charge is -2.05. The quantitative estimate of drug-likeness (QED) is 0.896. The molecule has 1 aliphatic carbocycles. The molecule has 1 N–H and O–H groups in total. The zero-order valence-corrected chi connectivity index (χ0v) is 10.00. The molecule has 0 amide bonds. The molecule has 0 aliphatic heterocycles. The van der Waals surface area contributed by atoms with Gasteiger partial charge >= 0.3 is 5.97 Å². The molecule has 1 saturated carbocycles. The number of hydrogen-bond donors (Lipinski definition) is 1. The van der Waals surface area contributed by atoms with E-state index in [1.165, 1.54) is 0 Å². The molecule has 5 heteroatoms. The highest BCUT2D eigenvalue weighted by Gasteiger charge is 2.30. The number of nitrogens with zero attached hydrogens (tertiary/aromatic N) is 3. The second-order valence-electron chi connectivity index (χ2n) is 4.64. The van der Waals surface area contributed by atoms with Gasteiger partial charge in [-0.15, -0.1) is 0 Å². The Morgan fingerprint density at radius 3 is 2.83 bits per heavy atom. The van der Waals surface area contributed by atoms with Crippen LogP contribution in [0.3, 0.4) is 0 Å². The Bertz CT molecular complexity index is 614. The summed E-state index contributed by atoms with van der Waals surface area (Å²) in [5.41, 5.74) is 2.11. The second kappa shape index (κ2) is 3.94. The first kappa shape index (κ1) is 11.0. The summed E-state index contributed by atoms with van der Waals surface area (Å²) in [6.07, 6.45) is 3.90. The normalized spacial score (nSPS) is 14.7. The minimum absolute atomic E-state index is 0.0835. The smallest absolute Gasteiger partial charge is 0.356 e. The van der Waals surface area contributed by atoms with Crippen LogP contribution in [0, 0.1) is 6.92 Å². The molecule has 92 valence electrons. The first-order valence-corrected chi connectivity index (χ1v) is 5.91. The Balaban J connectivity index is 2.12. The molecular weight excluding hydrogens is 230 g/mol. The van der Waals surface area contributed by atoms with E-state index in [9.17, 15) is 4.79 Å². The van der Waals surface area contributed by atoms with Crippen LogP contribution < -0.4 is 0 Å². The summed E-state index contributed by atoms with van der Waals surface area (Å²) in [4.78, 5) is 15.3. The molecule has 0 saturated heterocycles. The van der Waals surface area contributed by atoms with E-state index in [4.69, 9.17) is 5.11 Å². The van der Waals surface area contributed by atoms with Crippen molar-refractivity contribution >= 4 is 5.97 Å². The van der Waals surface area contributed by atoms with Crippen molar-refractivity contribution in [3.8, 4) is 5.82 Å². The summed E-state index contributed by atoms with van der Waals surface area (Å²) in [7, 11) is 0. The van der Waals surface area contributed by atoms with Crippen molar-refractivity contribution in [2.45, 2.75) is 25.7 Å². The van der Waals surface area contributed by atoms with Gasteiger partial charge in [0.15, 0.2) is 11.5 Å². The molecule has 0 radical (unpaired) electrons. The van der Waals surface area contributed by atoms with Gasteiger partial charge in [0.1, 0.15) is 0 Å². The van der Waals surface area contributed by atoms with Crippen molar-refractivity contribution in [1.29, 1.82) is 0 Å². The van der Waals surface area contributed by atoms with E-state index < -0.39 is 5.97 Å². The van der Waals surface area contributed by atoms with Crippen LogP contribution in [0.2, 0.25) is 0 Å². The second-order valence-corrected chi connectivity index (χ2v) is 4.64. The summed E-state index contributed by atoms with van der Waals surface area (Å²) in [5, 5.41) is 13.2. The number of hydrogen-bond acceptors (Lipinski definition) is 3. The number of aromatic carboxylic acids is 1. The van der Waals surface area contributed by atoms with Crippen LogP contribution in [-0.4, -0.2) is 25.8 Å². The van der Waals surface area contributed by atoms with Gasteiger partial charge in [0, 0.05) is 12.1 Å². The maximum absolute atomic E-state index is 11.0. The van der Waals surface area contributed by atoms with Crippen molar-refractivity contribution in [3.63, 3.8) is 0 Å². The third-order valence-electron chi connectivity index (χ3n) is 3.07. The van der Waals surface area contributed by atoms with E-state index in [0.29, 0.717) is 11.7 Å². The van der Waals surface area contributed by atoms with Crippen LogP contribution >= 0.6 is 0 Å². The van der Waals surface area contributed by atoms with Crippen molar-refractivity contribution < 1.29 is 9.90 Å². The van der Waals surface area contributed by atoms with Crippen LogP contribution in [0.1, 0.15) is 40.5 Å². The van der Waals surface area contributed by atoms with Crippen molar-refractivity contribution in [1.82, 2.24) is 14.8 Å². The predicted octanol–water partition coefficient (Wildman–Crippen LogP) is 2.15. The van der Waals surface area contributed by atoms with E-state index in [1.54, 1.807) is 16.9 Å². The van der Waals surface area contributed by atoms with Gasteiger partial charge in [0.25, 0.3) is 0 Å². The van der Waals surface area contributed by atoms with Crippen molar-refractivity contribution in [2.24, 2.45) is 0 Å². The molecule has 0 aromatic carbocycles. The monoisotopic (exact) mass is 243 g/mol. The third kappa shape index (κ3) is 1.88. The number of carboxylic acid groups (broad SMARTS) is 1. The average molecular weight is 243 g/mol. The first-order valence-electron chi connectivity index (χ1n) is 5.91. The van der Waals surface area contributed by atoms with Gasteiger partial charge in [0.2, 0.25) is 0 Å². The Morgan fingerprint density at radius 2 is 2.22 bits per heavy atom. The van der Waals surface area contributed by atoms with E-state index in [2.05, 4.69) is 10.1 Å². The van der Waals surface area contributed by atoms with Gasteiger partial charge < -0.3 is 5.11 Å². The summed E-state index contributed by atoms with van der Waals surface area (Å²) in [5.74, 6) is 0.112. The topological polar surface area (TPSA) is 68.0 Å². The minimum Gasteiger partial charge on any atom is -0.476 e. The molecule has 2 aromatic rings. The van der Waals surface area contributed by atoms with Gasteiger partial charge in [-0.1, -0.05) is 0 Å². The molecule has 1 aliphatic rings. The average Bonchev–Trinajstić information content (AvgIpc) is 3.07. The van der Waals surface area contributed by atoms with Crippen LogP contribution in [0.5, 0.6) is 0 Å². The molecule has 0 bridgehead atoms. The lowest BCUT2D eigenvalue weighted by atomic mass is 10.2. The van der Waals surface area contributed by atoms with Crippen LogP contribution in [0.15, 0.2) is 24.4 Å². The summed E-state index contributed by atoms with van der Waals surface area (Å²) >= 11 is 0. The van der Waals surface area contributed by atoms with E-state index in [1.807, 2.05) is 19.1 Å². The highest BCUT2D eigenvalue weighted by atomic mass is 16.4. The fraction of sp³-hybridized carbons (Fsp3) is 0.308. The van der Waals surface area contributed by atoms with Gasteiger partial charge in [-0.05, 0) is 43.5 Å². The standard InChI is InChI=1S/C13H13N3O2/c1-8-4-5-14-12(6-8)16-11(9-2-3-9)7-10(15-16)13(17)18/h4-7,9H,2-3H2,1H3,(H,17,18). The Labute approximate surface area is 104 Å². The molecule has 3 rings (SSSR count). The van der Waals surface area contributed by atoms with Gasteiger partial charge in [-0.25, -0.2) is 14.5 Å². The van der Waals surface area contributed by atoms with E-state index >= 15 is 0 Å². The van der Waals surface area contributed by atoms with Crippen molar-refractivity contribution in [3.05, 3.63) is 41.3 Å². The highest BCUT2D eigenvalue weighted by Crippen LogP contribution is 2.40. The Morgan fingerprint density at radius 1 is 1.44 bits per heavy atom. The number of carboxylic acids is 1. The number of carbonyl (C=O) groups is 1. The number of rotatable bonds is 3. The van der Waals surface area contributed by atoms with Crippen LogP contribution in [0.4, 0.5) is 0 Å². The zero-order chi connectivity index (χ0) is 12.7. The summed E-state index contributed by atoms with van der Waals surface area (Å²) < 4.78 is 1.66. The molecule has 5 nitrogen and oxygen atoms in total. The minimum atomic E-state index is -0.997. The number of aromatic nitrogens is 3. The maximum Gasteiger partial charge on any atom is 0.356 e. The predicted molar refractivity (Wildman–Crippen MR) is 65.0 cm³/mol. The molecule has 2 aromatic heterocycles. The number of pyridine rings is 1. The maximum atomic E-state index is 11.0. The van der Waals surface area contributed by atoms with Gasteiger partial charge in [0.05, 0.1) is 5.69 Å². The molecule has 0 unspecified atom stereocenters. The van der Waals surface area contributed by atoms with E-state index in [0.717, 1.165) is 24.1 Å². The third-order valence-corrected chi connectivity index (χ3v) is 3.07. The summed E-state index contributed by atoms with van der Waals surface area (Å²) in [6.45, 7) is 1.98. The lowest BCUT2D eigenvalue weighted by Crippen LogP contribution is -2.05. The first-order chi connectivity index (χ1) is 8.65. The largest absolute Gasteiger partial charge is 0.476 e. The molecule has 0 atom stereocenters. The van der Waals surface area contributed by atoms with Crippen LogP contribution in [0.25, 0.3) is 5.82 Å². The van der Waals surface area contributed by atoms with Gasteiger partial charge in [-0.2, -0.15) is 5.10 Å². The van der Waals surface area contributed by atoms with Gasteiger partial charge in [-0.3, -0.25) is 0 Å². The Hall–Kier alpha value is -2.17. The molecule has 1 fully saturated rings. The highest BCUT2D eigenvalue weighted by molar-refractivity contribution is 5.85. The summed E-state index contributed by atoms with van der Waals surface area (Å²) in [6, 6.07) is 5.47. The zero-order valence-electron chi connectivity index (χ0n) is 10.00.